The van der Waals surface area contributed by atoms with Crippen molar-refractivity contribution in [2.24, 2.45) is 0 Å². The van der Waals surface area contributed by atoms with Gasteiger partial charge >= 0.3 is 6.03 Å². The number of nitrogens with one attached hydrogen (secondary N) is 3. The van der Waals surface area contributed by atoms with Crippen LogP contribution in [0.5, 0.6) is 5.75 Å². The Morgan fingerprint density at radius 2 is 1.95 bits per heavy atom. The molecule has 1 aromatic rings. The molecule has 6 nitrogen and oxygen atoms in total. The van der Waals surface area contributed by atoms with Crippen LogP contribution in [0.1, 0.15) is 39.3 Å². The summed E-state index contributed by atoms with van der Waals surface area (Å²) < 4.78 is 5.47. The van der Waals surface area contributed by atoms with E-state index >= 15 is 0 Å². The highest BCUT2D eigenvalue weighted by Crippen LogP contribution is 2.19. The molecule has 0 saturated heterocycles. The number of carbonyl (C=O) groups is 2. The normalized spacial score (nSPS) is 13.1. The number of ether oxygens (including phenoxy) is 1. The highest BCUT2D eigenvalue weighted by atomic mass is 16.5. The third kappa shape index (κ3) is 5.73. The first-order valence-corrected chi connectivity index (χ1v) is 7.55. The number of benzene rings is 1. The molecule has 0 unspecified atom stereocenters. The Bertz CT molecular complexity index is 505. The minimum absolute atomic E-state index is 0.0459. The van der Waals surface area contributed by atoms with E-state index in [1.54, 1.807) is 13.8 Å². The summed E-state index contributed by atoms with van der Waals surface area (Å²) in [5.74, 6) is 0.437. The fraction of sp³-hybridized carbons (Fsp3) is 0.500. The molecule has 6 heteroatoms. The fourth-order valence-electron chi connectivity index (χ4n) is 2.01. The lowest BCUT2D eigenvalue weighted by molar-refractivity contribution is -0.121. The van der Waals surface area contributed by atoms with E-state index in [0.717, 1.165) is 11.3 Å². The topological polar surface area (TPSA) is 79.5 Å². The maximum Gasteiger partial charge on any atom is 0.321 e. The van der Waals surface area contributed by atoms with Crippen LogP contribution in [-0.4, -0.2) is 31.1 Å². The average Bonchev–Trinajstić information content (AvgIpc) is 2.48. The predicted molar refractivity (Wildman–Crippen MR) is 85.8 cm³/mol. The van der Waals surface area contributed by atoms with Gasteiger partial charge in [0.2, 0.25) is 5.91 Å². The minimum Gasteiger partial charge on any atom is -0.494 e. The van der Waals surface area contributed by atoms with Crippen molar-refractivity contribution in [2.45, 2.75) is 39.8 Å². The molecule has 0 fully saturated rings. The van der Waals surface area contributed by atoms with Gasteiger partial charge in [-0.2, -0.15) is 0 Å². The Labute approximate surface area is 131 Å². The number of hydrogen-bond donors (Lipinski definition) is 3. The van der Waals surface area contributed by atoms with E-state index < -0.39 is 12.1 Å². The predicted octanol–water partition coefficient (Wildman–Crippen LogP) is 1.97. The molecule has 3 N–H and O–H groups in total. The summed E-state index contributed by atoms with van der Waals surface area (Å²) in [6.45, 7) is 8.48. The zero-order valence-electron chi connectivity index (χ0n) is 13.6. The molecule has 22 heavy (non-hydrogen) atoms. The summed E-state index contributed by atoms with van der Waals surface area (Å²) in [5, 5.41) is 7.98. The van der Waals surface area contributed by atoms with Crippen molar-refractivity contribution in [3.8, 4) is 5.75 Å². The van der Waals surface area contributed by atoms with Gasteiger partial charge in [-0.15, -0.1) is 0 Å². The zero-order valence-corrected chi connectivity index (χ0v) is 13.6. The van der Waals surface area contributed by atoms with Crippen LogP contribution in [0.15, 0.2) is 24.3 Å². The van der Waals surface area contributed by atoms with Crippen molar-refractivity contribution in [3.63, 3.8) is 0 Å². The molecule has 0 aliphatic heterocycles. The van der Waals surface area contributed by atoms with Crippen molar-refractivity contribution in [3.05, 3.63) is 29.8 Å². The summed E-state index contributed by atoms with van der Waals surface area (Å²) in [7, 11) is 0. The first kappa shape index (κ1) is 18.0. The lowest BCUT2D eigenvalue weighted by atomic mass is 10.1. The molecule has 3 amide bonds. The molecule has 0 aromatic heterocycles. The van der Waals surface area contributed by atoms with Crippen molar-refractivity contribution >= 4 is 11.9 Å². The van der Waals surface area contributed by atoms with Gasteiger partial charge in [0.15, 0.2) is 0 Å². The Morgan fingerprint density at radius 3 is 2.59 bits per heavy atom. The summed E-state index contributed by atoms with van der Waals surface area (Å²) in [5.41, 5.74) is 1.02. The van der Waals surface area contributed by atoms with Crippen molar-refractivity contribution < 1.29 is 14.3 Å². The van der Waals surface area contributed by atoms with E-state index in [1.807, 2.05) is 38.1 Å². The maximum absolute atomic E-state index is 11.9. The van der Waals surface area contributed by atoms with Gasteiger partial charge in [-0.1, -0.05) is 12.1 Å². The van der Waals surface area contributed by atoms with E-state index in [-0.39, 0.29) is 11.9 Å². The third-order valence-electron chi connectivity index (χ3n) is 3.14. The van der Waals surface area contributed by atoms with Gasteiger partial charge in [0, 0.05) is 12.6 Å². The third-order valence-corrected chi connectivity index (χ3v) is 3.14. The summed E-state index contributed by atoms with van der Waals surface area (Å²) in [6.07, 6.45) is 0. The first-order chi connectivity index (χ1) is 10.5. The molecule has 1 rings (SSSR count). The molecule has 0 aliphatic carbocycles. The Morgan fingerprint density at radius 1 is 1.23 bits per heavy atom. The van der Waals surface area contributed by atoms with Crippen molar-refractivity contribution in [1.29, 1.82) is 0 Å². The van der Waals surface area contributed by atoms with Crippen LogP contribution in [0.25, 0.3) is 0 Å². The van der Waals surface area contributed by atoms with Crippen LogP contribution in [-0.2, 0) is 4.79 Å². The first-order valence-electron chi connectivity index (χ1n) is 7.55. The van der Waals surface area contributed by atoms with Gasteiger partial charge in [-0.05, 0) is 45.4 Å². The molecule has 0 spiro atoms. The molecule has 0 radical (unpaired) electrons. The molecule has 2 atom stereocenters. The quantitative estimate of drug-likeness (QED) is 0.719. The second-order valence-electron chi connectivity index (χ2n) is 4.96. The molecule has 0 heterocycles. The number of carbonyl (C=O) groups excluding carboxylic acids is 2. The van der Waals surface area contributed by atoms with Crippen molar-refractivity contribution in [2.75, 3.05) is 13.2 Å². The second kappa shape index (κ2) is 9.04. The lowest BCUT2D eigenvalue weighted by Gasteiger charge is -2.20. The minimum atomic E-state index is -0.492. The summed E-state index contributed by atoms with van der Waals surface area (Å²) in [6, 6.07) is 6.70. The maximum atomic E-state index is 11.9. The molecular formula is C16H25N3O3. The Kier molecular flexibility index (Phi) is 7.39. The van der Waals surface area contributed by atoms with Crippen LogP contribution < -0.4 is 20.7 Å². The SMILES string of the molecule is CCNC(=O)NC(=O)[C@H](C)N[C@@H](C)c1cccc(OCC)c1. The van der Waals surface area contributed by atoms with E-state index in [1.165, 1.54) is 0 Å². The summed E-state index contributed by atoms with van der Waals surface area (Å²) in [4.78, 5) is 23.2. The van der Waals surface area contributed by atoms with Gasteiger partial charge in [0.25, 0.3) is 0 Å². The fourth-order valence-corrected chi connectivity index (χ4v) is 2.01. The van der Waals surface area contributed by atoms with Gasteiger partial charge < -0.3 is 10.1 Å². The monoisotopic (exact) mass is 307 g/mol. The molecule has 0 saturated carbocycles. The number of hydrogen-bond acceptors (Lipinski definition) is 4. The lowest BCUT2D eigenvalue weighted by Crippen LogP contribution is -2.48. The highest BCUT2D eigenvalue weighted by molar-refractivity contribution is 5.96. The largest absolute Gasteiger partial charge is 0.494 e. The molecule has 122 valence electrons. The van der Waals surface area contributed by atoms with E-state index in [4.69, 9.17) is 4.74 Å². The standard InChI is InChI=1S/C16H25N3O3/c1-5-17-16(21)19-15(20)12(4)18-11(3)13-8-7-9-14(10-13)22-6-2/h7-12,18H,5-6H2,1-4H3,(H2,17,19,20,21)/t11-,12-/m0/s1. The molecule has 1 aromatic carbocycles. The van der Waals surface area contributed by atoms with Gasteiger partial charge in [-0.3, -0.25) is 15.4 Å². The number of imide groups is 1. The number of amides is 3. The van der Waals surface area contributed by atoms with Gasteiger partial charge in [-0.25, -0.2) is 4.79 Å². The average molecular weight is 307 g/mol. The number of urea groups is 1. The molecular weight excluding hydrogens is 282 g/mol. The van der Waals surface area contributed by atoms with Crippen molar-refractivity contribution in [1.82, 2.24) is 16.0 Å². The Balaban J connectivity index is 2.59. The second-order valence-corrected chi connectivity index (χ2v) is 4.96. The summed E-state index contributed by atoms with van der Waals surface area (Å²) >= 11 is 0. The van der Waals surface area contributed by atoms with Gasteiger partial charge in [0.1, 0.15) is 5.75 Å². The van der Waals surface area contributed by atoms with Crippen LogP contribution in [0.3, 0.4) is 0 Å². The smallest absolute Gasteiger partial charge is 0.321 e. The highest BCUT2D eigenvalue weighted by Gasteiger charge is 2.18. The van der Waals surface area contributed by atoms with Gasteiger partial charge in [0.05, 0.1) is 12.6 Å². The van der Waals surface area contributed by atoms with E-state index in [9.17, 15) is 9.59 Å². The van der Waals surface area contributed by atoms with Crippen LogP contribution in [0, 0.1) is 0 Å². The Hall–Kier alpha value is -2.08. The van der Waals surface area contributed by atoms with E-state index in [0.29, 0.717) is 13.2 Å². The van der Waals surface area contributed by atoms with Crippen LogP contribution >= 0.6 is 0 Å². The van der Waals surface area contributed by atoms with Crippen LogP contribution in [0.2, 0.25) is 0 Å². The molecule has 0 bridgehead atoms. The van der Waals surface area contributed by atoms with E-state index in [2.05, 4.69) is 16.0 Å². The van der Waals surface area contributed by atoms with Crippen LogP contribution in [0.4, 0.5) is 4.79 Å². The molecule has 0 aliphatic rings. The number of rotatable bonds is 7. The zero-order chi connectivity index (χ0) is 16.5.